The van der Waals surface area contributed by atoms with Crippen LogP contribution >= 0.6 is 15.9 Å². The van der Waals surface area contributed by atoms with Gasteiger partial charge >= 0.3 is 0 Å². The third-order valence-corrected chi connectivity index (χ3v) is 3.02. The molecule has 2 N–H and O–H groups in total. The van der Waals surface area contributed by atoms with Crippen molar-refractivity contribution in [3.8, 4) is 0 Å². The third kappa shape index (κ3) is 3.03. The van der Waals surface area contributed by atoms with Crippen molar-refractivity contribution in [2.75, 3.05) is 6.54 Å². The maximum absolute atomic E-state index is 11.8. The normalized spacial score (nSPS) is 19.6. The van der Waals surface area contributed by atoms with Crippen molar-refractivity contribution in [2.24, 2.45) is 0 Å². The summed E-state index contributed by atoms with van der Waals surface area (Å²) in [6, 6.07) is 2.91. The summed E-state index contributed by atoms with van der Waals surface area (Å²) in [5.74, 6) is -0.443. The Morgan fingerprint density at radius 3 is 3.00 bits per heavy atom. The second-order valence-corrected chi connectivity index (χ2v) is 4.74. The van der Waals surface area contributed by atoms with Crippen molar-refractivity contribution in [3.63, 3.8) is 0 Å². The SMILES string of the molecule is O=C(NC1CCCNC1=O)c1ccc(Br)cn1. The molecule has 1 atom stereocenters. The Balaban J connectivity index is 2.01. The van der Waals surface area contributed by atoms with Gasteiger partial charge < -0.3 is 10.6 Å². The van der Waals surface area contributed by atoms with Crippen LogP contribution in [0.5, 0.6) is 0 Å². The molecule has 1 aromatic heterocycles. The van der Waals surface area contributed by atoms with Crippen LogP contribution in [0.15, 0.2) is 22.8 Å². The number of aromatic nitrogens is 1. The van der Waals surface area contributed by atoms with Gasteiger partial charge in [0.25, 0.3) is 5.91 Å². The van der Waals surface area contributed by atoms with Gasteiger partial charge in [0, 0.05) is 17.2 Å². The fourth-order valence-corrected chi connectivity index (χ4v) is 1.89. The average Bonchev–Trinajstić information content (AvgIpc) is 2.33. The third-order valence-electron chi connectivity index (χ3n) is 2.55. The van der Waals surface area contributed by atoms with Crippen molar-refractivity contribution in [2.45, 2.75) is 18.9 Å². The van der Waals surface area contributed by atoms with Crippen LogP contribution in [0.3, 0.4) is 0 Å². The zero-order valence-corrected chi connectivity index (χ0v) is 10.7. The lowest BCUT2D eigenvalue weighted by atomic mass is 10.1. The van der Waals surface area contributed by atoms with Gasteiger partial charge in [0.2, 0.25) is 5.91 Å². The van der Waals surface area contributed by atoms with Crippen LogP contribution in [-0.2, 0) is 4.79 Å². The van der Waals surface area contributed by atoms with Crippen LogP contribution in [0.1, 0.15) is 23.3 Å². The Labute approximate surface area is 107 Å². The molecular weight excluding hydrogens is 286 g/mol. The second kappa shape index (κ2) is 5.27. The number of hydrogen-bond donors (Lipinski definition) is 2. The number of nitrogens with zero attached hydrogens (tertiary/aromatic N) is 1. The summed E-state index contributed by atoms with van der Waals surface area (Å²) in [6.45, 7) is 0.682. The number of piperidine rings is 1. The largest absolute Gasteiger partial charge is 0.354 e. The molecular formula is C11H12BrN3O2. The van der Waals surface area contributed by atoms with Crippen molar-refractivity contribution in [3.05, 3.63) is 28.5 Å². The smallest absolute Gasteiger partial charge is 0.270 e. The van der Waals surface area contributed by atoms with E-state index in [1.165, 1.54) is 0 Å². The quantitative estimate of drug-likeness (QED) is 0.850. The van der Waals surface area contributed by atoms with E-state index in [-0.39, 0.29) is 11.8 Å². The molecule has 0 aromatic carbocycles. The minimum absolute atomic E-state index is 0.123. The number of halogens is 1. The lowest BCUT2D eigenvalue weighted by Crippen LogP contribution is -2.50. The van der Waals surface area contributed by atoms with Gasteiger partial charge in [-0.05, 0) is 40.9 Å². The van der Waals surface area contributed by atoms with Gasteiger partial charge in [0.15, 0.2) is 0 Å². The molecule has 90 valence electrons. The molecule has 0 aliphatic carbocycles. The molecule has 0 bridgehead atoms. The average molecular weight is 298 g/mol. The van der Waals surface area contributed by atoms with Gasteiger partial charge in [-0.25, -0.2) is 4.98 Å². The van der Waals surface area contributed by atoms with Crippen molar-refractivity contribution in [1.82, 2.24) is 15.6 Å². The van der Waals surface area contributed by atoms with Crippen LogP contribution < -0.4 is 10.6 Å². The molecule has 2 rings (SSSR count). The summed E-state index contributed by atoms with van der Waals surface area (Å²) < 4.78 is 0.810. The minimum atomic E-state index is -0.443. The molecule has 5 nitrogen and oxygen atoms in total. The summed E-state index contributed by atoms with van der Waals surface area (Å²) >= 11 is 3.24. The van der Waals surface area contributed by atoms with Crippen LogP contribution in [0.4, 0.5) is 0 Å². The highest BCUT2D eigenvalue weighted by atomic mass is 79.9. The minimum Gasteiger partial charge on any atom is -0.354 e. The van der Waals surface area contributed by atoms with E-state index in [4.69, 9.17) is 0 Å². The Morgan fingerprint density at radius 2 is 2.35 bits per heavy atom. The second-order valence-electron chi connectivity index (χ2n) is 3.82. The fraction of sp³-hybridized carbons (Fsp3) is 0.364. The maximum atomic E-state index is 11.8. The lowest BCUT2D eigenvalue weighted by Gasteiger charge is -2.22. The summed E-state index contributed by atoms with van der Waals surface area (Å²) in [5, 5.41) is 5.39. The summed E-state index contributed by atoms with van der Waals surface area (Å²) in [7, 11) is 0. The van der Waals surface area contributed by atoms with E-state index in [0.29, 0.717) is 18.7 Å². The van der Waals surface area contributed by atoms with Crippen molar-refractivity contribution < 1.29 is 9.59 Å². The van der Waals surface area contributed by atoms with Crippen molar-refractivity contribution in [1.29, 1.82) is 0 Å². The van der Waals surface area contributed by atoms with Crippen LogP contribution in [0.25, 0.3) is 0 Å². The van der Waals surface area contributed by atoms with E-state index in [0.717, 1.165) is 10.9 Å². The Kier molecular flexibility index (Phi) is 3.73. The monoisotopic (exact) mass is 297 g/mol. The number of nitrogens with one attached hydrogen (secondary N) is 2. The number of rotatable bonds is 2. The zero-order valence-electron chi connectivity index (χ0n) is 9.07. The van der Waals surface area contributed by atoms with E-state index in [9.17, 15) is 9.59 Å². The molecule has 2 amide bonds. The molecule has 1 fully saturated rings. The highest BCUT2D eigenvalue weighted by molar-refractivity contribution is 9.10. The molecule has 0 spiro atoms. The first-order chi connectivity index (χ1) is 8.16. The van der Waals surface area contributed by atoms with E-state index >= 15 is 0 Å². The number of carbonyl (C=O) groups excluding carboxylic acids is 2. The molecule has 2 heterocycles. The van der Waals surface area contributed by atoms with Crippen LogP contribution in [0, 0.1) is 0 Å². The Hall–Kier alpha value is -1.43. The first-order valence-electron chi connectivity index (χ1n) is 5.37. The summed E-state index contributed by atoms with van der Waals surface area (Å²) in [4.78, 5) is 27.2. The predicted octanol–water partition coefficient (Wildman–Crippen LogP) is 0.852. The Bertz CT molecular complexity index is 433. The predicted molar refractivity (Wildman–Crippen MR) is 65.4 cm³/mol. The summed E-state index contributed by atoms with van der Waals surface area (Å²) in [6.07, 6.45) is 3.11. The molecule has 1 aliphatic heterocycles. The van der Waals surface area contributed by atoms with E-state index in [1.54, 1.807) is 18.3 Å². The molecule has 1 aromatic rings. The van der Waals surface area contributed by atoms with Gasteiger partial charge in [-0.1, -0.05) is 0 Å². The van der Waals surface area contributed by atoms with Gasteiger partial charge in [-0.15, -0.1) is 0 Å². The highest BCUT2D eigenvalue weighted by Crippen LogP contribution is 2.08. The number of pyridine rings is 1. The molecule has 1 unspecified atom stereocenters. The maximum Gasteiger partial charge on any atom is 0.270 e. The van der Waals surface area contributed by atoms with Gasteiger partial charge in [0.1, 0.15) is 11.7 Å². The molecule has 17 heavy (non-hydrogen) atoms. The topological polar surface area (TPSA) is 71.1 Å². The van der Waals surface area contributed by atoms with Gasteiger partial charge in [-0.3, -0.25) is 9.59 Å². The first-order valence-corrected chi connectivity index (χ1v) is 6.16. The van der Waals surface area contributed by atoms with Crippen molar-refractivity contribution >= 4 is 27.7 Å². The number of hydrogen-bond acceptors (Lipinski definition) is 3. The highest BCUT2D eigenvalue weighted by Gasteiger charge is 2.24. The van der Waals surface area contributed by atoms with Crippen LogP contribution in [-0.4, -0.2) is 29.4 Å². The van der Waals surface area contributed by atoms with Crippen LogP contribution in [0.2, 0.25) is 0 Å². The van der Waals surface area contributed by atoms with Gasteiger partial charge in [-0.2, -0.15) is 0 Å². The van der Waals surface area contributed by atoms with E-state index in [2.05, 4.69) is 31.5 Å². The summed E-state index contributed by atoms with van der Waals surface area (Å²) in [5.41, 5.74) is 0.312. The molecule has 1 aliphatic rings. The van der Waals surface area contributed by atoms with E-state index < -0.39 is 6.04 Å². The molecule has 1 saturated heterocycles. The molecule has 6 heteroatoms. The lowest BCUT2D eigenvalue weighted by molar-refractivity contribution is -0.124. The molecule has 0 saturated carbocycles. The standard InChI is InChI=1S/C11H12BrN3O2/c12-7-3-4-8(14-6-7)11(17)15-9-2-1-5-13-10(9)16/h3-4,6,9H,1-2,5H2,(H,13,16)(H,15,17). The fourth-order valence-electron chi connectivity index (χ4n) is 1.65. The molecule has 0 radical (unpaired) electrons. The number of carbonyl (C=O) groups is 2. The van der Waals surface area contributed by atoms with Gasteiger partial charge in [0.05, 0.1) is 0 Å². The number of amides is 2. The first kappa shape index (κ1) is 12.0. The van der Waals surface area contributed by atoms with E-state index in [1.807, 2.05) is 0 Å². The zero-order chi connectivity index (χ0) is 12.3. The Morgan fingerprint density at radius 1 is 1.53 bits per heavy atom.